The van der Waals surface area contributed by atoms with Crippen LogP contribution in [0.3, 0.4) is 0 Å². The number of rotatable bonds is 2. The highest BCUT2D eigenvalue weighted by Gasteiger charge is 2.41. The van der Waals surface area contributed by atoms with Gasteiger partial charge in [0, 0.05) is 49.6 Å². The van der Waals surface area contributed by atoms with Crippen LogP contribution in [0.15, 0.2) is 24.3 Å². The predicted octanol–water partition coefficient (Wildman–Crippen LogP) is 0.570. The molecule has 3 heterocycles. The van der Waals surface area contributed by atoms with Gasteiger partial charge in [-0.1, -0.05) is 12.1 Å². The number of hydrogen-bond donors (Lipinski definition) is 0. The van der Waals surface area contributed by atoms with E-state index in [2.05, 4.69) is 15.4 Å². The van der Waals surface area contributed by atoms with Gasteiger partial charge < -0.3 is 9.80 Å². The summed E-state index contributed by atoms with van der Waals surface area (Å²) in [4.78, 5) is 29.8. The molecule has 0 unspecified atom stereocenters. The fourth-order valence-electron chi connectivity index (χ4n) is 3.81. The number of tetrazole rings is 1. The molecule has 2 atom stereocenters. The summed E-state index contributed by atoms with van der Waals surface area (Å²) in [6, 6.07) is 7.55. The molecular weight excluding hydrogens is 320 g/mol. The van der Waals surface area contributed by atoms with Crippen LogP contribution in [0.4, 0.5) is 0 Å². The first kappa shape index (κ1) is 15.7. The fraction of sp³-hybridized carbons (Fsp3) is 0.471. The number of aryl methyl sites for hydroxylation is 1. The van der Waals surface area contributed by atoms with E-state index in [1.807, 2.05) is 29.0 Å². The lowest BCUT2D eigenvalue weighted by molar-refractivity contribution is -0.127. The fourth-order valence-corrected chi connectivity index (χ4v) is 3.81. The summed E-state index contributed by atoms with van der Waals surface area (Å²) in [5.41, 5.74) is 1.47. The molecule has 0 radical (unpaired) electrons. The zero-order valence-electron chi connectivity index (χ0n) is 14.3. The van der Waals surface area contributed by atoms with Gasteiger partial charge in [-0.25, -0.2) is 0 Å². The van der Waals surface area contributed by atoms with Crippen molar-refractivity contribution in [2.24, 2.45) is 13.0 Å². The molecule has 0 spiro atoms. The van der Waals surface area contributed by atoms with Crippen molar-refractivity contribution in [3.63, 3.8) is 0 Å². The Morgan fingerprint density at radius 3 is 2.64 bits per heavy atom. The first-order valence-corrected chi connectivity index (χ1v) is 8.42. The molecular formula is C17H20N6O2. The molecule has 25 heavy (non-hydrogen) atoms. The lowest BCUT2D eigenvalue weighted by Gasteiger charge is -2.36. The van der Waals surface area contributed by atoms with E-state index in [0.29, 0.717) is 30.9 Å². The second kappa shape index (κ2) is 5.94. The van der Waals surface area contributed by atoms with Crippen LogP contribution in [-0.4, -0.2) is 68.0 Å². The minimum absolute atomic E-state index is 0.0131. The Kier molecular flexibility index (Phi) is 3.74. The Hall–Kier alpha value is -2.77. The second-order valence-electron chi connectivity index (χ2n) is 6.76. The van der Waals surface area contributed by atoms with E-state index in [0.717, 1.165) is 12.0 Å². The lowest BCUT2D eigenvalue weighted by Crippen LogP contribution is -2.47. The summed E-state index contributed by atoms with van der Waals surface area (Å²) in [7, 11) is 3.58. The molecule has 2 amide bonds. The summed E-state index contributed by atoms with van der Waals surface area (Å²) in [5.74, 6) is 0.984. The molecule has 0 N–H and O–H groups in total. The van der Waals surface area contributed by atoms with Crippen molar-refractivity contribution in [3.8, 4) is 11.4 Å². The number of hydrogen-bond acceptors (Lipinski definition) is 5. The zero-order valence-corrected chi connectivity index (χ0v) is 14.3. The molecule has 0 aliphatic carbocycles. The Balaban J connectivity index is 1.47. The van der Waals surface area contributed by atoms with Crippen LogP contribution in [0.5, 0.6) is 0 Å². The third-order valence-electron chi connectivity index (χ3n) is 5.21. The minimum atomic E-state index is 0.0131. The third-order valence-corrected chi connectivity index (χ3v) is 5.21. The van der Waals surface area contributed by atoms with Crippen LogP contribution in [-0.2, 0) is 11.8 Å². The summed E-state index contributed by atoms with van der Waals surface area (Å²) in [6.45, 7) is 1.33. The molecule has 2 fully saturated rings. The minimum Gasteiger partial charge on any atom is -0.342 e. The summed E-state index contributed by atoms with van der Waals surface area (Å²) in [5, 5.41) is 11.9. The van der Waals surface area contributed by atoms with E-state index in [-0.39, 0.29) is 23.8 Å². The predicted molar refractivity (Wildman–Crippen MR) is 89.4 cm³/mol. The molecule has 2 aromatic rings. The van der Waals surface area contributed by atoms with E-state index in [9.17, 15) is 9.59 Å². The molecule has 130 valence electrons. The van der Waals surface area contributed by atoms with E-state index >= 15 is 0 Å². The van der Waals surface area contributed by atoms with Gasteiger partial charge in [0.05, 0.1) is 7.05 Å². The van der Waals surface area contributed by atoms with E-state index in [1.165, 1.54) is 4.80 Å². The number of carbonyl (C=O) groups is 2. The van der Waals surface area contributed by atoms with Gasteiger partial charge in [0.25, 0.3) is 5.91 Å². The van der Waals surface area contributed by atoms with Gasteiger partial charge in [0.15, 0.2) is 0 Å². The van der Waals surface area contributed by atoms with E-state index < -0.39 is 0 Å². The lowest BCUT2D eigenvalue weighted by atomic mass is 9.92. The van der Waals surface area contributed by atoms with Gasteiger partial charge in [-0.05, 0) is 23.8 Å². The SMILES string of the molecule is CN1C(=O)C[C@@H]2CN(C(=O)c3ccc(-c4nnn(C)n4)cc3)CC[C@@H]21. The number of benzene rings is 1. The van der Waals surface area contributed by atoms with E-state index in [1.54, 1.807) is 19.2 Å². The Labute approximate surface area is 145 Å². The summed E-state index contributed by atoms with van der Waals surface area (Å²) < 4.78 is 0. The van der Waals surface area contributed by atoms with Crippen LogP contribution in [0, 0.1) is 5.92 Å². The topological polar surface area (TPSA) is 84.2 Å². The number of aromatic nitrogens is 4. The number of amides is 2. The van der Waals surface area contributed by atoms with Crippen LogP contribution in [0.1, 0.15) is 23.2 Å². The van der Waals surface area contributed by atoms with Gasteiger partial charge in [-0.15, -0.1) is 10.2 Å². The van der Waals surface area contributed by atoms with Crippen molar-refractivity contribution in [1.82, 2.24) is 30.0 Å². The number of piperidine rings is 1. The monoisotopic (exact) mass is 340 g/mol. The maximum atomic E-state index is 12.8. The van der Waals surface area contributed by atoms with Crippen LogP contribution >= 0.6 is 0 Å². The standard InChI is InChI=1S/C17H20N6O2/c1-21-14-7-8-23(10-13(14)9-15(21)24)17(25)12-5-3-11(4-6-12)16-18-20-22(2)19-16/h3-6,13-14H,7-10H2,1-2H3/t13-,14+/m1/s1. The highest BCUT2D eigenvalue weighted by molar-refractivity contribution is 5.94. The molecule has 2 aliphatic rings. The maximum absolute atomic E-state index is 12.8. The second-order valence-corrected chi connectivity index (χ2v) is 6.76. The number of carbonyl (C=O) groups excluding carboxylic acids is 2. The van der Waals surface area contributed by atoms with E-state index in [4.69, 9.17) is 0 Å². The summed E-state index contributed by atoms with van der Waals surface area (Å²) in [6.07, 6.45) is 1.39. The highest BCUT2D eigenvalue weighted by atomic mass is 16.2. The van der Waals surface area contributed by atoms with Crippen molar-refractivity contribution >= 4 is 11.8 Å². The van der Waals surface area contributed by atoms with Crippen LogP contribution < -0.4 is 0 Å². The Morgan fingerprint density at radius 1 is 1.20 bits per heavy atom. The largest absolute Gasteiger partial charge is 0.342 e. The van der Waals surface area contributed by atoms with Gasteiger partial charge in [-0.3, -0.25) is 9.59 Å². The van der Waals surface area contributed by atoms with Gasteiger partial charge >= 0.3 is 0 Å². The van der Waals surface area contributed by atoms with Crippen molar-refractivity contribution in [2.45, 2.75) is 18.9 Å². The molecule has 0 saturated carbocycles. The number of nitrogens with zero attached hydrogens (tertiary/aromatic N) is 6. The molecule has 8 heteroatoms. The average molecular weight is 340 g/mol. The normalized spacial score (nSPS) is 23.0. The van der Waals surface area contributed by atoms with Gasteiger partial charge in [-0.2, -0.15) is 4.80 Å². The molecule has 1 aromatic carbocycles. The number of likely N-dealkylation sites (tertiary alicyclic amines) is 2. The van der Waals surface area contributed by atoms with Crippen LogP contribution in [0.25, 0.3) is 11.4 Å². The highest BCUT2D eigenvalue weighted by Crippen LogP contribution is 2.31. The molecule has 8 nitrogen and oxygen atoms in total. The average Bonchev–Trinajstić information content (AvgIpc) is 3.18. The van der Waals surface area contributed by atoms with Gasteiger partial charge in [0.2, 0.25) is 11.7 Å². The Morgan fingerprint density at radius 2 is 1.96 bits per heavy atom. The third kappa shape index (κ3) is 2.77. The maximum Gasteiger partial charge on any atom is 0.253 e. The summed E-state index contributed by atoms with van der Waals surface area (Å²) >= 11 is 0. The molecule has 4 rings (SSSR count). The van der Waals surface area contributed by atoms with Crippen molar-refractivity contribution < 1.29 is 9.59 Å². The van der Waals surface area contributed by atoms with Crippen molar-refractivity contribution in [2.75, 3.05) is 20.1 Å². The first-order chi connectivity index (χ1) is 12.0. The quantitative estimate of drug-likeness (QED) is 0.798. The molecule has 0 bridgehead atoms. The number of fused-ring (bicyclic) bond motifs is 1. The Bertz CT molecular complexity index is 815. The van der Waals surface area contributed by atoms with Gasteiger partial charge in [0.1, 0.15) is 0 Å². The molecule has 2 saturated heterocycles. The van der Waals surface area contributed by atoms with Crippen LogP contribution in [0.2, 0.25) is 0 Å². The van der Waals surface area contributed by atoms with Crippen molar-refractivity contribution in [1.29, 1.82) is 0 Å². The zero-order chi connectivity index (χ0) is 17.6. The van der Waals surface area contributed by atoms with Crippen molar-refractivity contribution in [3.05, 3.63) is 29.8 Å². The molecule has 2 aliphatic heterocycles. The first-order valence-electron chi connectivity index (χ1n) is 8.42. The smallest absolute Gasteiger partial charge is 0.253 e. The molecule has 1 aromatic heterocycles.